The molecule has 2 N–H and O–H groups in total. The second-order valence-corrected chi connectivity index (χ2v) is 3.11. The summed E-state index contributed by atoms with van der Waals surface area (Å²) in [7, 11) is 0. The quantitative estimate of drug-likeness (QED) is 0.691. The average Bonchev–Trinajstić information content (AvgIpc) is 2.17. The summed E-state index contributed by atoms with van der Waals surface area (Å²) in [5, 5.41) is 0. The maximum Gasteiger partial charge on any atom is 0.248 e. The van der Waals surface area contributed by atoms with Gasteiger partial charge in [0.05, 0.1) is 13.2 Å². The van der Waals surface area contributed by atoms with Crippen molar-refractivity contribution in [3.8, 4) is 0 Å². The number of carbonyl (C=O) groups is 1. The summed E-state index contributed by atoms with van der Waals surface area (Å²) < 4.78 is 5.28. The van der Waals surface area contributed by atoms with Gasteiger partial charge in [-0.05, 0) is 23.6 Å². The highest BCUT2D eigenvalue weighted by molar-refractivity contribution is 5.94. The fourth-order valence-electron chi connectivity index (χ4n) is 1.65. The van der Waals surface area contributed by atoms with E-state index in [9.17, 15) is 4.79 Å². The zero-order valence-corrected chi connectivity index (χ0v) is 7.25. The molecule has 3 heteroatoms. The first-order valence-electron chi connectivity index (χ1n) is 4.27. The SMILES string of the molecule is NC(=O)c1cccc2c1CCOC2. The molecule has 1 heterocycles. The smallest absolute Gasteiger partial charge is 0.248 e. The Hall–Kier alpha value is -1.35. The van der Waals surface area contributed by atoms with Crippen LogP contribution in [-0.4, -0.2) is 12.5 Å². The van der Waals surface area contributed by atoms with Crippen LogP contribution in [0.15, 0.2) is 18.2 Å². The molecule has 1 amide bonds. The maximum atomic E-state index is 11.1. The normalized spacial score (nSPS) is 15.1. The van der Waals surface area contributed by atoms with E-state index >= 15 is 0 Å². The summed E-state index contributed by atoms with van der Waals surface area (Å²) in [6.07, 6.45) is 0.786. The predicted molar refractivity (Wildman–Crippen MR) is 48.3 cm³/mol. The molecule has 1 aliphatic rings. The molecule has 0 unspecified atom stereocenters. The number of amides is 1. The van der Waals surface area contributed by atoms with E-state index in [1.54, 1.807) is 6.07 Å². The van der Waals surface area contributed by atoms with E-state index in [4.69, 9.17) is 10.5 Å². The summed E-state index contributed by atoms with van der Waals surface area (Å²) in [4.78, 5) is 11.1. The molecule has 1 aliphatic heterocycles. The van der Waals surface area contributed by atoms with Gasteiger partial charge in [0.15, 0.2) is 0 Å². The van der Waals surface area contributed by atoms with E-state index in [1.807, 2.05) is 12.1 Å². The Morgan fingerprint density at radius 3 is 3.08 bits per heavy atom. The van der Waals surface area contributed by atoms with E-state index < -0.39 is 0 Å². The summed E-state index contributed by atoms with van der Waals surface area (Å²) in [6, 6.07) is 5.58. The zero-order valence-electron chi connectivity index (χ0n) is 7.25. The Morgan fingerprint density at radius 1 is 1.46 bits per heavy atom. The monoisotopic (exact) mass is 177 g/mol. The second-order valence-electron chi connectivity index (χ2n) is 3.11. The molecule has 1 aromatic carbocycles. The molecule has 2 rings (SSSR count). The van der Waals surface area contributed by atoms with E-state index in [1.165, 1.54) is 0 Å². The highest BCUT2D eigenvalue weighted by Gasteiger charge is 2.15. The van der Waals surface area contributed by atoms with Crippen LogP contribution in [-0.2, 0) is 17.8 Å². The molecule has 0 spiro atoms. The lowest BCUT2D eigenvalue weighted by Gasteiger charge is -2.18. The van der Waals surface area contributed by atoms with Gasteiger partial charge in [-0.25, -0.2) is 0 Å². The minimum atomic E-state index is -0.348. The number of ether oxygens (including phenoxy) is 1. The number of rotatable bonds is 1. The second kappa shape index (κ2) is 3.18. The summed E-state index contributed by atoms with van der Waals surface area (Å²) >= 11 is 0. The molecule has 0 atom stereocenters. The van der Waals surface area contributed by atoms with Crippen molar-refractivity contribution in [3.05, 3.63) is 34.9 Å². The number of benzene rings is 1. The van der Waals surface area contributed by atoms with Crippen LogP contribution >= 0.6 is 0 Å². The highest BCUT2D eigenvalue weighted by Crippen LogP contribution is 2.20. The number of hydrogen-bond acceptors (Lipinski definition) is 2. The molecule has 0 saturated heterocycles. The molecule has 0 aliphatic carbocycles. The molecule has 0 saturated carbocycles. The van der Waals surface area contributed by atoms with E-state index in [-0.39, 0.29) is 5.91 Å². The fourth-order valence-corrected chi connectivity index (χ4v) is 1.65. The summed E-state index contributed by atoms with van der Waals surface area (Å²) in [6.45, 7) is 1.27. The van der Waals surface area contributed by atoms with Crippen LogP contribution in [0.2, 0.25) is 0 Å². The van der Waals surface area contributed by atoms with Crippen molar-refractivity contribution in [3.63, 3.8) is 0 Å². The van der Waals surface area contributed by atoms with Crippen molar-refractivity contribution in [2.75, 3.05) is 6.61 Å². The topological polar surface area (TPSA) is 52.3 Å². The van der Waals surface area contributed by atoms with Crippen molar-refractivity contribution in [1.82, 2.24) is 0 Å². The maximum absolute atomic E-state index is 11.1. The lowest BCUT2D eigenvalue weighted by Crippen LogP contribution is -2.19. The van der Waals surface area contributed by atoms with Gasteiger partial charge in [-0.2, -0.15) is 0 Å². The Bertz CT molecular complexity index is 347. The molecule has 0 fully saturated rings. The van der Waals surface area contributed by atoms with Gasteiger partial charge in [0.1, 0.15) is 0 Å². The van der Waals surface area contributed by atoms with Crippen LogP contribution in [0, 0.1) is 0 Å². The van der Waals surface area contributed by atoms with Crippen molar-refractivity contribution in [2.24, 2.45) is 5.73 Å². The van der Waals surface area contributed by atoms with E-state index in [2.05, 4.69) is 0 Å². The molecular formula is C10H11NO2. The first-order valence-corrected chi connectivity index (χ1v) is 4.27. The number of primary amides is 1. The minimum Gasteiger partial charge on any atom is -0.376 e. The third-order valence-electron chi connectivity index (χ3n) is 2.29. The van der Waals surface area contributed by atoms with Crippen LogP contribution in [0.3, 0.4) is 0 Å². The average molecular weight is 177 g/mol. The third kappa shape index (κ3) is 1.42. The molecule has 0 radical (unpaired) electrons. The van der Waals surface area contributed by atoms with Gasteiger partial charge in [0, 0.05) is 5.56 Å². The van der Waals surface area contributed by atoms with Crippen LogP contribution in [0.5, 0.6) is 0 Å². The van der Waals surface area contributed by atoms with Gasteiger partial charge in [-0.3, -0.25) is 4.79 Å². The van der Waals surface area contributed by atoms with Gasteiger partial charge in [0.25, 0.3) is 0 Å². The predicted octanol–water partition coefficient (Wildman–Crippen LogP) is 0.858. The Kier molecular flexibility index (Phi) is 2.02. The Labute approximate surface area is 76.5 Å². The molecule has 13 heavy (non-hydrogen) atoms. The van der Waals surface area contributed by atoms with E-state index in [0.717, 1.165) is 17.5 Å². The van der Waals surface area contributed by atoms with Crippen LogP contribution in [0.25, 0.3) is 0 Å². The molecule has 0 aromatic heterocycles. The molecule has 1 aromatic rings. The number of carbonyl (C=O) groups excluding carboxylic acids is 1. The van der Waals surface area contributed by atoms with Crippen molar-refractivity contribution in [2.45, 2.75) is 13.0 Å². The first-order chi connectivity index (χ1) is 6.29. The van der Waals surface area contributed by atoms with Crippen LogP contribution in [0.4, 0.5) is 0 Å². The van der Waals surface area contributed by atoms with Gasteiger partial charge < -0.3 is 10.5 Å². The molecule has 3 nitrogen and oxygen atoms in total. The van der Waals surface area contributed by atoms with Crippen molar-refractivity contribution >= 4 is 5.91 Å². The summed E-state index contributed by atoms with van der Waals surface area (Å²) in [5.74, 6) is -0.348. The van der Waals surface area contributed by atoms with Gasteiger partial charge in [-0.15, -0.1) is 0 Å². The third-order valence-corrected chi connectivity index (χ3v) is 2.29. The zero-order chi connectivity index (χ0) is 9.26. The lowest BCUT2D eigenvalue weighted by molar-refractivity contribution is 0.0985. The number of hydrogen-bond donors (Lipinski definition) is 1. The largest absolute Gasteiger partial charge is 0.376 e. The van der Waals surface area contributed by atoms with Crippen molar-refractivity contribution < 1.29 is 9.53 Å². The highest BCUT2D eigenvalue weighted by atomic mass is 16.5. The summed E-state index contributed by atoms with van der Waals surface area (Å²) in [5.41, 5.74) is 8.04. The van der Waals surface area contributed by atoms with Gasteiger partial charge >= 0.3 is 0 Å². The van der Waals surface area contributed by atoms with Crippen molar-refractivity contribution in [1.29, 1.82) is 0 Å². The van der Waals surface area contributed by atoms with Crippen LogP contribution in [0.1, 0.15) is 21.5 Å². The van der Waals surface area contributed by atoms with Crippen LogP contribution < -0.4 is 5.73 Å². The minimum absolute atomic E-state index is 0.348. The Morgan fingerprint density at radius 2 is 2.31 bits per heavy atom. The Balaban J connectivity index is 2.52. The number of nitrogens with two attached hydrogens (primary N) is 1. The standard InChI is InChI=1S/C10H11NO2/c11-10(12)9-3-1-2-7-6-13-5-4-8(7)9/h1-3H,4-6H2,(H2,11,12). The molecule has 68 valence electrons. The molecular weight excluding hydrogens is 166 g/mol. The first kappa shape index (κ1) is 8.26. The van der Waals surface area contributed by atoms with Gasteiger partial charge in [-0.1, -0.05) is 12.1 Å². The molecule has 0 bridgehead atoms. The van der Waals surface area contributed by atoms with E-state index in [0.29, 0.717) is 18.8 Å². The lowest BCUT2D eigenvalue weighted by atomic mass is 9.97. The number of fused-ring (bicyclic) bond motifs is 1. The van der Waals surface area contributed by atoms with Gasteiger partial charge in [0.2, 0.25) is 5.91 Å². The fraction of sp³-hybridized carbons (Fsp3) is 0.300.